The molecule has 2 aliphatic heterocycles. The third-order valence-corrected chi connectivity index (χ3v) is 6.53. The zero-order valence-corrected chi connectivity index (χ0v) is 22.2. The normalized spacial score (nSPS) is 22.9. The van der Waals surface area contributed by atoms with Gasteiger partial charge in [-0.2, -0.15) is 10.1 Å². The summed E-state index contributed by atoms with van der Waals surface area (Å²) in [6.07, 6.45) is 7.31. The van der Waals surface area contributed by atoms with Gasteiger partial charge in [0.1, 0.15) is 12.9 Å². The summed E-state index contributed by atoms with van der Waals surface area (Å²) in [7, 11) is 0. The molecule has 7 heteroatoms. The van der Waals surface area contributed by atoms with Gasteiger partial charge in [-0.05, 0) is 51.7 Å². The quantitative estimate of drug-likeness (QED) is 0.466. The second kappa shape index (κ2) is 11.5. The van der Waals surface area contributed by atoms with Crippen LogP contribution in [0.2, 0.25) is 0 Å². The number of hydrogen-bond acceptors (Lipinski definition) is 7. The van der Waals surface area contributed by atoms with E-state index in [4.69, 9.17) is 14.2 Å². The van der Waals surface area contributed by atoms with Crippen molar-refractivity contribution >= 4 is 6.34 Å². The van der Waals surface area contributed by atoms with E-state index in [0.717, 1.165) is 35.6 Å². The summed E-state index contributed by atoms with van der Waals surface area (Å²) in [5.41, 5.74) is 5.37. The maximum Gasteiger partial charge on any atom is 0.246 e. The second-order valence-corrected chi connectivity index (χ2v) is 8.97. The van der Waals surface area contributed by atoms with E-state index >= 15 is 0 Å². The first-order valence-electron chi connectivity index (χ1n) is 12.5. The van der Waals surface area contributed by atoms with Crippen molar-refractivity contribution in [1.82, 2.24) is 20.0 Å². The minimum Gasteiger partial charge on any atom is -0.372 e. The molecule has 3 heterocycles. The Hall–Kier alpha value is -3.19. The number of benzene rings is 1. The van der Waals surface area contributed by atoms with E-state index in [9.17, 15) is 0 Å². The van der Waals surface area contributed by atoms with Crippen LogP contribution in [0.25, 0.3) is 0 Å². The zero-order chi connectivity index (χ0) is 25.6. The van der Waals surface area contributed by atoms with Gasteiger partial charge < -0.3 is 14.2 Å². The minimum absolute atomic E-state index is 0.0430. The van der Waals surface area contributed by atoms with E-state index in [2.05, 4.69) is 74.9 Å². The number of ether oxygens (including phenoxy) is 1. The number of nitrogens with zero attached hydrogens (tertiary/aromatic N) is 5. The van der Waals surface area contributed by atoms with Crippen molar-refractivity contribution in [3.8, 4) is 0 Å². The highest BCUT2D eigenvalue weighted by atomic mass is 16.5. The van der Waals surface area contributed by atoms with Crippen LogP contribution >= 0.6 is 0 Å². The van der Waals surface area contributed by atoms with Crippen LogP contribution in [0.1, 0.15) is 83.3 Å². The fourth-order valence-electron chi connectivity index (χ4n) is 4.51. The molecular formula is C28H39N5O2. The molecule has 2 aliphatic rings. The molecular weight excluding hydrogens is 438 g/mol. The first-order chi connectivity index (χ1) is 16.9. The van der Waals surface area contributed by atoms with Crippen LogP contribution in [0.15, 0.2) is 69.7 Å². The third kappa shape index (κ3) is 5.40. The number of hydrazone groups is 1. The molecule has 4 rings (SSSR count). The molecule has 0 saturated carbocycles. The Morgan fingerprint density at radius 1 is 1.23 bits per heavy atom. The van der Waals surface area contributed by atoms with Crippen molar-refractivity contribution in [3.05, 3.63) is 82.9 Å². The maximum absolute atomic E-state index is 6.22. The highest BCUT2D eigenvalue weighted by Gasteiger charge is 2.44. The largest absolute Gasteiger partial charge is 0.372 e. The summed E-state index contributed by atoms with van der Waals surface area (Å²) in [6.45, 7) is 19.3. The van der Waals surface area contributed by atoms with Crippen LogP contribution in [-0.2, 0) is 16.7 Å². The monoisotopic (exact) mass is 477 g/mol. The van der Waals surface area contributed by atoms with Crippen LogP contribution in [0, 0.1) is 6.92 Å². The van der Waals surface area contributed by atoms with Crippen molar-refractivity contribution < 1.29 is 9.26 Å². The summed E-state index contributed by atoms with van der Waals surface area (Å²) in [5, 5.41) is 10.7. The fraction of sp³-hybridized carbons (Fsp3) is 0.464. The Morgan fingerprint density at radius 3 is 2.54 bits per heavy atom. The minimum atomic E-state index is -0.249. The van der Waals surface area contributed by atoms with Crippen LogP contribution in [0.4, 0.5) is 0 Å². The molecule has 0 radical (unpaired) electrons. The van der Waals surface area contributed by atoms with Gasteiger partial charge in [0.2, 0.25) is 5.89 Å². The molecule has 1 saturated heterocycles. The Balaban J connectivity index is 0.00000167. The van der Waals surface area contributed by atoms with Gasteiger partial charge in [-0.15, -0.1) is 0 Å². The molecule has 0 aliphatic carbocycles. The molecule has 1 aromatic heterocycles. The number of hydrogen-bond donors (Lipinski definition) is 0. The predicted molar refractivity (Wildman–Crippen MR) is 140 cm³/mol. The third-order valence-electron chi connectivity index (χ3n) is 6.53. The van der Waals surface area contributed by atoms with Gasteiger partial charge >= 0.3 is 0 Å². The number of aryl methyl sites for hydroxylation is 1. The topological polar surface area (TPSA) is 67.0 Å². The van der Waals surface area contributed by atoms with Gasteiger partial charge in [0.15, 0.2) is 5.82 Å². The smallest absolute Gasteiger partial charge is 0.246 e. The summed E-state index contributed by atoms with van der Waals surface area (Å²) in [4.78, 5) is 6.84. The van der Waals surface area contributed by atoms with Crippen molar-refractivity contribution in [2.24, 2.45) is 5.10 Å². The zero-order valence-electron chi connectivity index (χ0n) is 22.2. The first-order valence-corrected chi connectivity index (χ1v) is 12.5. The van der Waals surface area contributed by atoms with E-state index in [1.165, 1.54) is 11.1 Å². The Kier molecular flexibility index (Phi) is 8.67. The Bertz CT molecular complexity index is 1090. The van der Waals surface area contributed by atoms with Crippen LogP contribution in [-0.4, -0.2) is 33.0 Å². The molecule has 0 N–H and O–H groups in total. The van der Waals surface area contributed by atoms with E-state index in [0.29, 0.717) is 19.0 Å². The maximum atomic E-state index is 6.22. The van der Waals surface area contributed by atoms with E-state index in [1.807, 2.05) is 25.7 Å². The van der Waals surface area contributed by atoms with E-state index < -0.39 is 0 Å². The lowest BCUT2D eigenvalue weighted by molar-refractivity contribution is 0.103. The van der Waals surface area contributed by atoms with Crippen molar-refractivity contribution in [1.29, 1.82) is 0 Å². The SMILES string of the molecule is C=CN1N=CN(Cc2nc([C@]3(CC)CO[C@@H](c4ccc(C)cc4)C3)no2)/C(=C/C)C1=C(C)C.CC. The van der Waals surface area contributed by atoms with Crippen LogP contribution in [0.3, 0.4) is 0 Å². The number of aromatic nitrogens is 2. The van der Waals surface area contributed by atoms with Crippen LogP contribution < -0.4 is 0 Å². The summed E-state index contributed by atoms with van der Waals surface area (Å²) < 4.78 is 11.9. The van der Waals surface area contributed by atoms with Crippen molar-refractivity contribution in [3.63, 3.8) is 0 Å². The summed E-state index contributed by atoms with van der Waals surface area (Å²) in [5.74, 6) is 1.28. The molecule has 0 spiro atoms. The molecule has 188 valence electrons. The van der Waals surface area contributed by atoms with Gasteiger partial charge in [-0.3, -0.25) is 0 Å². The molecule has 35 heavy (non-hydrogen) atoms. The lowest BCUT2D eigenvalue weighted by Crippen LogP contribution is -2.32. The molecule has 2 aromatic rings. The average molecular weight is 478 g/mol. The number of rotatable bonds is 6. The average Bonchev–Trinajstić information content (AvgIpc) is 3.53. The van der Waals surface area contributed by atoms with Crippen LogP contribution in [0.5, 0.6) is 0 Å². The van der Waals surface area contributed by atoms with Gasteiger partial charge in [0.05, 0.1) is 29.5 Å². The second-order valence-electron chi connectivity index (χ2n) is 8.97. The lowest BCUT2D eigenvalue weighted by Gasteiger charge is -2.33. The summed E-state index contributed by atoms with van der Waals surface area (Å²) in [6, 6.07) is 8.55. The molecule has 0 amide bonds. The van der Waals surface area contributed by atoms with E-state index in [1.54, 1.807) is 17.5 Å². The Labute approximate surface area is 209 Å². The highest BCUT2D eigenvalue weighted by molar-refractivity contribution is 5.63. The molecule has 2 atom stereocenters. The molecule has 0 bridgehead atoms. The standard InChI is InChI=1S/C26H33N5O2.C2H6/c1-7-21-24(18(4)5)31(9-3)27-17-30(21)15-23-28-25(29-33-23)26(8-2)14-22(32-16-26)20-12-10-19(6)11-13-20;1-2/h7,9-13,17,22H,3,8,14-16H2,1-2,4-6H3;1-2H3/b21-7+;/t22-,26+;/m1./s1. The molecule has 0 unspecified atom stereocenters. The molecule has 1 fully saturated rings. The van der Waals surface area contributed by atoms with Crippen molar-refractivity contribution in [2.75, 3.05) is 6.61 Å². The Morgan fingerprint density at radius 2 is 1.94 bits per heavy atom. The predicted octanol–water partition coefficient (Wildman–Crippen LogP) is 6.62. The lowest BCUT2D eigenvalue weighted by atomic mass is 9.81. The van der Waals surface area contributed by atoms with Gasteiger partial charge in [0.25, 0.3) is 0 Å². The molecule has 1 aromatic carbocycles. The first kappa shape index (κ1) is 26.4. The number of allylic oxidation sites excluding steroid dienone is 2. The fourth-order valence-corrected chi connectivity index (χ4v) is 4.51. The van der Waals surface area contributed by atoms with Crippen molar-refractivity contribution in [2.45, 2.75) is 79.4 Å². The summed E-state index contributed by atoms with van der Waals surface area (Å²) >= 11 is 0. The van der Waals surface area contributed by atoms with Gasteiger partial charge in [0, 0.05) is 6.20 Å². The molecule has 7 nitrogen and oxygen atoms in total. The highest BCUT2D eigenvalue weighted by Crippen LogP contribution is 2.44. The van der Waals surface area contributed by atoms with Gasteiger partial charge in [-0.1, -0.05) is 68.4 Å². The van der Waals surface area contributed by atoms with Gasteiger partial charge in [-0.25, -0.2) is 5.01 Å². The van der Waals surface area contributed by atoms with E-state index in [-0.39, 0.29) is 11.5 Å².